The standard InChI is InChI=1S/C14H16ClN3/c1-9-3-4-10(2)12(7-9)14(18-16)11-5-6-13(15)17-8-11/h3-8,14,18H,16H2,1-2H3. The number of hydrazine groups is 1. The van der Waals surface area contributed by atoms with Crippen LogP contribution in [0.1, 0.15) is 28.3 Å². The third-order valence-corrected chi connectivity index (χ3v) is 3.22. The number of nitrogens with zero attached hydrogens (tertiary/aromatic N) is 1. The quantitative estimate of drug-likeness (QED) is 0.507. The Hall–Kier alpha value is -1.42. The second-order valence-electron chi connectivity index (χ2n) is 4.37. The number of hydrogen-bond donors (Lipinski definition) is 2. The van der Waals surface area contributed by atoms with Gasteiger partial charge >= 0.3 is 0 Å². The first-order valence-electron chi connectivity index (χ1n) is 5.76. The van der Waals surface area contributed by atoms with Gasteiger partial charge in [-0.15, -0.1) is 0 Å². The van der Waals surface area contributed by atoms with Gasteiger partial charge < -0.3 is 0 Å². The Balaban J connectivity index is 2.44. The molecule has 4 heteroatoms. The molecule has 94 valence electrons. The van der Waals surface area contributed by atoms with Gasteiger partial charge in [-0.3, -0.25) is 5.84 Å². The molecule has 0 bridgehead atoms. The van der Waals surface area contributed by atoms with E-state index in [4.69, 9.17) is 17.4 Å². The minimum absolute atomic E-state index is 0.0744. The number of pyridine rings is 1. The highest BCUT2D eigenvalue weighted by atomic mass is 35.5. The number of aryl methyl sites for hydroxylation is 2. The molecule has 2 aromatic rings. The SMILES string of the molecule is Cc1ccc(C)c(C(NN)c2ccc(Cl)nc2)c1. The van der Waals surface area contributed by atoms with E-state index in [1.54, 1.807) is 12.3 Å². The minimum Gasteiger partial charge on any atom is -0.271 e. The molecule has 0 aliphatic carbocycles. The molecule has 0 aliphatic heterocycles. The zero-order valence-electron chi connectivity index (χ0n) is 10.4. The van der Waals surface area contributed by atoms with Crippen LogP contribution in [-0.2, 0) is 0 Å². The van der Waals surface area contributed by atoms with E-state index in [1.807, 2.05) is 6.07 Å². The Labute approximate surface area is 112 Å². The van der Waals surface area contributed by atoms with Crippen molar-refractivity contribution in [3.05, 3.63) is 63.9 Å². The monoisotopic (exact) mass is 261 g/mol. The summed E-state index contributed by atoms with van der Waals surface area (Å²) in [5.74, 6) is 5.68. The zero-order valence-corrected chi connectivity index (χ0v) is 11.2. The van der Waals surface area contributed by atoms with Crippen LogP contribution in [0.15, 0.2) is 36.5 Å². The highest BCUT2D eigenvalue weighted by Crippen LogP contribution is 2.25. The van der Waals surface area contributed by atoms with Crippen molar-refractivity contribution in [2.45, 2.75) is 19.9 Å². The maximum atomic E-state index is 5.80. The Morgan fingerprint density at radius 2 is 2.00 bits per heavy atom. The highest BCUT2D eigenvalue weighted by Gasteiger charge is 2.15. The van der Waals surface area contributed by atoms with Gasteiger partial charge in [-0.2, -0.15) is 0 Å². The van der Waals surface area contributed by atoms with Gasteiger partial charge in [0.1, 0.15) is 5.15 Å². The number of benzene rings is 1. The molecule has 1 atom stereocenters. The lowest BCUT2D eigenvalue weighted by atomic mass is 9.95. The molecule has 0 saturated heterocycles. The second-order valence-corrected chi connectivity index (χ2v) is 4.76. The van der Waals surface area contributed by atoms with Crippen LogP contribution in [0.4, 0.5) is 0 Å². The fourth-order valence-corrected chi connectivity index (χ4v) is 2.11. The molecule has 0 aliphatic rings. The summed E-state index contributed by atoms with van der Waals surface area (Å²) in [6.07, 6.45) is 1.74. The molecule has 0 radical (unpaired) electrons. The minimum atomic E-state index is -0.0744. The average molecular weight is 262 g/mol. The van der Waals surface area contributed by atoms with Crippen molar-refractivity contribution in [1.29, 1.82) is 0 Å². The lowest BCUT2D eigenvalue weighted by molar-refractivity contribution is 0.631. The van der Waals surface area contributed by atoms with Gasteiger partial charge in [-0.25, -0.2) is 10.4 Å². The first-order valence-corrected chi connectivity index (χ1v) is 6.14. The van der Waals surface area contributed by atoms with Crippen molar-refractivity contribution in [2.24, 2.45) is 5.84 Å². The summed E-state index contributed by atoms with van der Waals surface area (Å²) in [6, 6.07) is 9.95. The molecule has 0 spiro atoms. The van der Waals surface area contributed by atoms with Crippen LogP contribution < -0.4 is 11.3 Å². The lowest BCUT2D eigenvalue weighted by Crippen LogP contribution is -2.29. The average Bonchev–Trinajstić information content (AvgIpc) is 2.37. The fourth-order valence-electron chi connectivity index (χ4n) is 1.99. The van der Waals surface area contributed by atoms with Crippen LogP contribution in [0.2, 0.25) is 5.15 Å². The molecule has 1 heterocycles. The van der Waals surface area contributed by atoms with E-state index in [9.17, 15) is 0 Å². The topological polar surface area (TPSA) is 50.9 Å². The molecule has 18 heavy (non-hydrogen) atoms. The second kappa shape index (κ2) is 5.48. The number of aromatic nitrogens is 1. The Bertz CT molecular complexity index is 537. The molecule has 1 aromatic heterocycles. The fraction of sp³-hybridized carbons (Fsp3) is 0.214. The summed E-state index contributed by atoms with van der Waals surface area (Å²) in [5.41, 5.74) is 7.39. The molecule has 0 amide bonds. The first kappa shape index (κ1) is 13.0. The van der Waals surface area contributed by atoms with Crippen LogP contribution in [0.5, 0.6) is 0 Å². The summed E-state index contributed by atoms with van der Waals surface area (Å²) in [5, 5.41) is 0.482. The molecule has 1 aromatic carbocycles. The van der Waals surface area contributed by atoms with Crippen LogP contribution >= 0.6 is 11.6 Å². The maximum Gasteiger partial charge on any atom is 0.129 e. The van der Waals surface area contributed by atoms with Gasteiger partial charge in [-0.1, -0.05) is 41.4 Å². The van der Waals surface area contributed by atoms with E-state index < -0.39 is 0 Å². The predicted octanol–water partition coefficient (Wildman–Crippen LogP) is 2.90. The van der Waals surface area contributed by atoms with Gasteiger partial charge in [-0.05, 0) is 36.6 Å². The maximum absolute atomic E-state index is 5.80. The van der Waals surface area contributed by atoms with Crippen molar-refractivity contribution in [3.63, 3.8) is 0 Å². The summed E-state index contributed by atoms with van der Waals surface area (Å²) in [4.78, 5) is 4.10. The molecule has 0 saturated carbocycles. The van der Waals surface area contributed by atoms with Crippen LogP contribution in [0, 0.1) is 13.8 Å². The number of nitrogens with one attached hydrogen (secondary N) is 1. The van der Waals surface area contributed by atoms with Crippen molar-refractivity contribution in [2.75, 3.05) is 0 Å². The normalized spacial score (nSPS) is 12.4. The molecule has 1 unspecified atom stereocenters. The van der Waals surface area contributed by atoms with Gasteiger partial charge in [0.25, 0.3) is 0 Å². The smallest absolute Gasteiger partial charge is 0.129 e. The van der Waals surface area contributed by atoms with E-state index >= 15 is 0 Å². The van der Waals surface area contributed by atoms with Crippen molar-refractivity contribution >= 4 is 11.6 Å². The van der Waals surface area contributed by atoms with E-state index in [0.717, 1.165) is 11.1 Å². The predicted molar refractivity (Wildman–Crippen MR) is 74.3 cm³/mol. The summed E-state index contributed by atoms with van der Waals surface area (Å²) >= 11 is 5.80. The summed E-state index contributed by atoms with van der Waals surface area (Å²) in [7, 11) is 0. The summed E-state index contributed by atoms with van der Waals surface area (Å²) in [6.45, 7) is 4.14. The molecule has 3 N–H and O–H groups in total. The zero-order chi connectivity index (χ0) is 13.1. The van der Waals surface area contributed by atoms with Gasteiger partial charge in [0.05, 0.1) is 6.04 Å². The Morgan fingerprint density at radius 1 is 1.22 bits per heavy atom. The first-order chi connectivity index (χ1) is 8.61. The molecule has 0 fully saturated rings. The van der Waals surface area contributed by atoms with Crippen LogP contribution in [0.25, 0.3) is 0 Å². The van der Waals surface area contributed by atoms with E-state index in [2.05, 4.69) is 42.5 Å². The largest absolute Gasteiger partial charge is 0.271 e. The molecular formula is C14H16ClN3. The third-order valence-electron chi connectivity index (χ3n) is 3.00. The van der Waals surface area contributed by atoms with E-state index in [-0.39, 0.29) is 6.04 Å². The number of rotatable bonds is 3. The molecule has 2 rings (SSSR count). The molecule has 3 nitrogen and oxygen atoms in total. The molecular weight excluding hydrogens is 246 g/mol. The van der Waals surface area contributed by atoms with Crippen molar-refractivity contribution < 1.29 is 0 Å². The van der Waals surface area contributed by atoms with E-state index in [0.29, 0.717) is 5.15 Å². The summed E-state index contributed by atoms with van der Waals surface area (Å²) < 4.78 is 0. The third kappa shape index (κ3) is 2.70. The highest BCUT2D eigenvalue weighted by molar-refractivity contribution is 6.29. The van der Waals surface area contributed by atoms with Crippen molar-refractivity contribution in [3.8, 4) is 0 Å². The Morgan fingerprint density at radius 3 is 2.61 bits per heavy atom. The van der Waals surface area contributed by atoms with Crippen molar-refractivity contribution in [1.82, 2.24) is 10.4 Å². The van der Waals surface area contributed by atoms with Crippen LogP contribution in [-0.4, -0.2) is 4.98 Å². The van der Waals surface area contributed by atoms with E-state index in [1.165, 1.54) is 11.1 Å². The van der Waals surface area contributed by atoms with Crippen LogP contribution in [0.3, 0.4) is 0 Å². The van der Waals surface area contributed by atoms with Gasteiger partial charge in [0, 0.05) is 6.20 Å². The Kier molecular flexibility index (Phi) is 3.97. The lowest BCUT2D eigenvalue weighted by Gasteiger charge is -2.19. The van der Waals surface area contributed by atoms with Gasteiger partial charge in [0.2, 0.25) is 0 Å². The number of halogens is 1. The number of nitrogens with two attached hydrogens (primary N) is 1. The number of hydrogen-bond acceptors (Lipinski definition) is 3. The van der Waals surface area contributed by atoms with Gasteiger partial charge in [0.15, 0.2) is 0 Å².